The Labute approximate surface area is 146 Å². The first-order valence-corrected chi connectivity index (χ1v) is 8.60. The van der Waals surface area contributed by atoms with E-state index >= 15 is 0 Å². The number of nitrogens with zero attached hydrogens (tertiary/aromatic N) is 2. The van der Waals surface area contributed by atoms with Crippen molar-refractivity contribution in [3.63, 3.8) is 0 Å². The highest BCUT2D eigenvalue weighted by molar-refractivity contribution is 7.09. The fourth-order valence-electron chi connectivity index (χ4n) is 2.34. The third kappa shape index (κ3) is 5.21. The Kier molecular flexibility index (Phi) is 6.57. The van der Waals surface area contributed by atoms with Crippen molar-refractivity contribution in [3.8, 4) is 5.75 Å². The van der Waals surface area contributed by atoms with Gasteiger partial charge in [-0.25, -0.2) is 9.78 Å². The summed E-state index contributed by atoms with van der Waals surface area (Å²) in [6, 6.07) is 7.75. The Morgan fingerprint density at radius 2 is 2.17 bits per heavy atom. The number of carbonyl (C=O) groups is 1. The number of benzene rings is 1. The molecule has 2 N–H and O–H groups in total. The molecule has 24 heavy (non-hydrogen) atoms. The smallest absolute Gasteiger partial charge is 0.315 e. The van der Waals surface area contributed by atoms with E-state index in [2.05, 4.69) is 20.5 Å². The van der Waals surface area contributed by atoms with Crippen LogP contribution in [0.2, 0.25) is 0 Å². The monoisotopic (exact) mass is 348 g/mol. The first kappa shape index (κ1) is 18.2. The van der Waals surface area contributed by atoms with E-state index in [0.717, 1.165) is 22.0 Å². The molecule has 0 aliphatic carbocycles. The predicted octanol–water partition coefficient (Wildman–Crippen LogP) is 2.56. The number of hydrogen-bond acceptors (Lipinski definition) is 5. The van der Waals surface area contributed by atoms with E-state index in [4.69, 9.17) is 4.74 Å². The number of methoxy groups -OCH3 is 1. The molecule has 0 saturated carbocycles. The topological polar surface area (TPSA) is 66.5 Å². The summed E-state index contributed by atoms with van der Waals surface area (Å²) in [4.78, 5) is 18.4. The Morgan fingerprint density at radius 1 is 1.38 bits per heavy atom. The lowest BCUT2D eigenvalue weighted by atomic mass is 10.1. The number of hydrogen-bond donors (Lipinski definition) is 2. The molecule has 1 aromatic carbocycles. The zero-order valence-electron chi connectivity index (χ0n) is 14.5. The van der Waals surface area contributed by atoms with Crippen molar-refractivity contribution in [1.82, 2.24) is 20.5 Å². The molecule has 0 radical (unpaired) electrons. The van der Waals surface area contributed by atoms with Crippen molar-refractivity contribution in [3.05, 3.63) is 45.9 Å². The molecule has 0 aliphatic heterocycles. The highest BCUT2D eigenvalue weighted by Crippen LogP contribution is 2.22. The highest BCUT2D eigenvalue weighted by atomic mass is 32.1. The Balaban J connectivity index is 1.89. The van der Waals surface area contributed by atoms with Gasteiger partial charge in [0.15, 0.2) is 0 Å². The van der Waals surface area contributed by atoms with E-state index < -0.39 is 0 Å². The van der Waals surface area contributed by atoms with Crippen LogP contribution in [0, 0.1) is 6.92 Å². The summed E-state index contributed by atoms with van der Waals surface area (Å²) in [6.45, 7) is 2.88. The largest absolute Gasteiger partial charge is 0.497 e. The van der Waals surface area contributed by atoms with E-state index in [1.54, 1.807) is 18.4 Å². The van der Waals surface area contributed by atoms with Gasteiger partial charge in [-0.1, -0.05) is 12.1 Å². The number of amides is 2. The molecule has 130 valence electrons. The van der Waals surface area contributed by atoms with Crippen molar-refractivity contribution in [2.45, 2.75) is 19.5 Å². The Morgan fingerprint density at radius 3 is 2.79 bits per heavy atom. The van der Waals surface area contributed by atoms with Gasteiger partial charge in [0, 0.05) is 17.6 Å². The summed E-state index contributed by atoms with van der Waals surface area (Å²) in [6.07, 6.45) is 0. The standard InChI is InChI=1S/C17H24N4O2S/c1-12-11-24-16(20-12)10-19-17(22)18-9-15(21(2)3)13-6-5-7-14(8-13)23-4/h5-8,11,15H,9-10H2,1-4H3,(H2,18,19,22)/t15-/m0/s1. The summed E-state index contributed by atoms with van der Waals surface area (Å²) in [5, 5.41) is 8.63. The minimum atomic E-state index is -0.197. The fraction of sp³-hybridized carbons (Fsp3) is 0.412. The van der Waals surface area contributed by atoms with Crippen LogP contribution in [0.15, 0.2) is 29.6 Å². The molecule has 6 nitrogen and oxygen atoms in total. The zero-order valence-corrected chi connectivity index (χ0v) is 15.3. The van der Waals surface area contributed by atoms with E-state index in [1.165, 1.54) is 0 Å². The van der Waals surface area contributed by atoms with E-state index in [9.17, 15) is 4.79 Å². The van der Waals surface area contributed by atoms with Gasteiger partial charge in [0.05, 0.1) is 19.7 Å². The number of rotatable bonds is 7. The second kappa shape index (κ2) is 8.65. The van der Waals surface area contributed by atoms with Gasteiger partial charge in [-0.05, 0) is 38.7 Å². The first-order valence-electron chi connectivity index (χ1n) is 7.72. The van der Waals surface area contributed by atoms with Gasteiger partial charge in [0.1, 0.15) is 10.8 Å². The second-order valence-electron chi connectivity index (χ2n) is 5.70. The molecular formula is C17H24N4O2S. The Bertz CT molecular complexity index is 672. The maximum Gasteiger partial charge on any atom is 0.315 e. The quantitative estimate of drug-likeness (QED) is 0.807. The van der Waals surface area contributed by atoms with Gasteiger partial charge in [-0.2, -0.15) is 0 Å². The number of likely N-dealkylation sites (N-methyl/N-ethyl adjacent to an activating group) is 1. The minimum Gasteiger partial charge on any atom is -0.497 e. The van der Waals surface area contributed by atoms with Crippen LogP contribution in [0.1, 0.15) is 22.3 Å². The summed E-state index contributed by atoms with van der Waals surface area (Å²) in [5.41, 5.74) is 2.07. The van der Waals surface area contributed by atoms with Gasteiger partial charge in [-0.3, -0.25) is 0 Å². The molecule has 0 fully saturated rings. The van der Waals surface area contributed by atoms with Gasteiger partial charge in [0.25, 0.3) is 0 Å². The summed E-state index contributed by atoms with van der Waals surface area (Å²) in [7, 11) is 5.62. The van der Waals surface area contributed by atoms with E-state index in [0.29, 0.717) is 13.1 Å². The lowest BCUT2D eigenvalue weighted by Gasteiger charge is -2.25. The molecule has 0 aliphatic rings. The van der Waals surface area contributed by atoms with Crippen molar-refractivity contribution < 1.29 is 9.53 Å². The van der Waals surface area contributed by atoms with Gasteiger partial charge < -0.3 is 20.3 Å². The number of nitrogens with one attached hydrogen (secondary N) is 2. The van der Waals surface area contributed by atoms with E-state index in [-0.39, 0.29) is 12.1 Å². The maximum absolute atomic E-state index is 12.0. The van der Waals surface area contributed by atoms with Gasteiger partial charge >= 0.3 is 6.03 Å². The third-order valence-electron chi connectivity index (χ3n) is 3.62. The number of urea groups is 1. The van der Waals surface area contributed by atoms with Crippen molar-refractivity contribution in [1.29, 1.82) is 0 Å². The maximum atomic E-state index is 12.0. The zero-order chi connectivity index (χ0) is 17.5. The van der Waals surface area contributed by atoms with Crippen molar-refractivity contribution in [2.24, 2.45) is 0 Å². The first-order chi connectivity index (χ1) is 11.5. The molecule has 2 aromatic rings. The van der Waals surface area contributed by atoms with Crippen LogP contribution in [-0.2, 0) is 6.54 Å². The SMILES string of the molecule is COc1cccc([C@H](CNC(=O)NCc2nc(C)cs2)N(C)C)c1. The molecule has 2 rings (SSSR count). The summed E-state index contributed by atoms with van der Waals surface area (Å²) < 4.78 is 5.28. The van der Waals surface area contributed by atoms with E-state index in [1.807, 2.05) is 50.7 Å². The van der Waals surface area contributed by atoms with Crippen LogP contribution in [0.3, 0.4) is 0 Å². The normalized spacial score (nSPS) is 12.0. The van der Waals surface area contributed by atoms with Crippen LogP contribution >= 0.6 is 11.3 Å². The number of aromatic nitrogens is 1. The molecule has 0 saturated heterocycles. The van der Waals surface area contributed by atoms with Crippen LogP contribution < -0.4 is 15.4 Å². The molecule has 7 heteroatoms. The highest BCUT2D eigenvalue weighted by Gasteiger charge is 2.16. The lowest BCUT2D eigenvalue weighted by Crippen LogP contribution is -2.40. The number of carbonyl (C=O) groups excluding carboxylic acids is 1. The third-order valence-corrected chi connectivity index (χ3v) is 4.59. The fourth-order valence-corrected chi connectivity index (χ4v) is 3.05. The van der Waals surface area contributed by atoms with Crippen molar-refractivity contribution in [2.75, 3.05) is 27.7 Å². The van der Waals surface area contributed by atoms with Crippen LogP contribution in [-0.4, -0.2) is 43.7 Å². The molecule has 1 heterocycles. The molecular weight excluding hydrogens is 324 g/mol. The molecule has 2 amide bonds. The number of thiazole rings is 1. The van der Waals surface area contributed by atoms with Crippen molar-refractivity contribution >= 4 is 17.4 Å². The molecule has 1 aromatic heterocycles. The summed E-state index contributed by atoms with van der Waals surface area (Å²) in [5.74, 6) is 0.808. The summed E-state index contributed by atoms with van der Waals surface area (Å²) >= 11 is 1.55. The second-order valence-corrected chi connectivity index (χ2v) is 6.64. The molecule has 0 bridgehead atoms. The molecule has 0 spiro atoms. The average molecular weight is 348 g/mol. The average Bonchev–Trinajstić information content (AvgIpc) is 2.98. The minimum absolute atomic E-state index is 0.0629. The molecule has 1 atom stereocenters. The van der Waals surface area contributed by atoms with Crippen LogP contribution in [0.25, 0.3) is 0 Å². The predicted molar refractivity (Wildman–Crippen MR) is 96.5 cm³/mol. The number of aryl methyl sites for hydroxylation is 1. The van der Waals surface area contributed by atoms with Crippen LogP contribution in [0.5, 0.6) is 5.75 Å². The van der Waals surface area contributed by atoms with Gasteiger partial charge in [-0.15, -0.1) is 11.3 Å². The molecule has 0 unspecified atom stereocenters. The lowest BCUT2D eigenvalue weighted by molar-refractivity contribution is 0.232. The van der Waals surface area contributed by atoms with Crippen LogP contribution in [0.4, 0.5) is 4.79 Å². The Hall–Kier alpha value is -2.12. The number of ether oxygens (including phenoxy) is 1. The van der Waals surface area contributed by atoms with Gasteiger partial charge in [0.2, 0.25) is 0 Å².